The number of benzene rings is 1. The topological polar surface area (TPSA) is 110 Å². The number of hydrogen-bond donors (Lipinski definition) is 1. The van der Waals surface area contributed by atoms with E-state index in [4.69, 9.17) is 0 Å². The number of carbonyl (C=O) groups excluding carboxylic acids is 1. The minimum atomic E-state index is -3.87. The van der Waals surface area contributed by atoms with Crippen LogP contribution in [-0.2, 0) is 14.8 Å². The summed E-state index contributed by atoms with van der Waals surface area (Å²) in [6.45, 7) is 0.637. The van der Waals surface area contributed by atoms with Crippen LogP contribution in [0.1, 0.15) is 79.1 Å². The average Bonchev–Trinajstić information content (AvgIpc) is 2.72. The third-order valence-electron chi connectivity index (χ3n) is 6.20. The van der Waals surface area contributed by atoms with Gasteiger partial charge in [-0.1, -0.05) is 59.4 Å². The number of nitrogens with zero attached hydrogens (tertiary/aromatic N) is 2. The first kappa shape index (κ1) is 28.0. The van der Waals surface area contributed by atoms with E-state index in [9.17, 15) is 23.3 Å². The molecule has 0 spiro atoms. The van der Waals surface area contributed by atoms with Crippen LogP contribution in [0.15, 0.2) is 29.2 Å². The Labute approximate surface area is 193 Å². The zero-order valence-corrected chi connectivity index (χ0v) is 18.1. The van der Waals surface area contributed by atoms with E-state index in [1.807, 2.05) is 0 Å². The molecule has 182 valence electrons. The molecule has 1 saturated carbocycles. The molecule has 1 aromatic rings. The van der Waals surface area contributed by atoms with E-state index >= 15 is 0 Å². The number of hydrogen-bond acceptors (Lipinski definition) is 5. The number of nitro groups is 1. The first-order valence-electron chi connectivity index (χ1n) is 10.9. The summed E-state index contributed by atoms with van der Waals surface area (Å²) in [5.41, 5.74) is -0.248. The minimum Gasteiger partial charge on any atom is -0.354 e. The highest BCUT2D eigenvalue weighted by molar-refractivity contribution is 7.89. The van der Waals surface area contributed by atoms with Gasteiger partial charge in [-0.05, 0) is 31.7 Å². The van der Waals surface area contributed by atoms with Crippen molar-refractivity contribution in [1.29, 1.82) is 0 Å². The van der Waals surface area contributed by atoms with Crippen molar-refractivity contribution in [2.75, 3.05) is 13.1 Å². The van der Waals surface area contributed by atoms with Crippen molar-refractivity contribution >= 4 is 21.6 Å². The summed E-state index contributed by atoms with van der Waals surface area (Å²) in [5.74, 6) is 0.0332. The van der Waals surface area contributed by atoms with E-state index in [1.165, 1.54) is 41.8 Å². The quantitative estimate of drug-likeness (QED) is 0.471. The number of non-ortho nitro benzene ring substituents is 1. The van der Waals surface area contributed by atoms with E-state index in [0.717, 1.165) is 44.6 Å². The summed E-state index contributed by atoms with van der Waals surface area (Å²) in [5, 5.41) is 14.0. The number of carbonyl (C=O) groups is 1. The molecule has 1 aliphatic carbocycles. The normalized spacial score (nSPS) is 20.7. The lowest BCUT2D eigenvalue weighted by Gasteiger charge is -2.35. The van der Waals surface area contributed by atoms with Gasteiger partial charge in [0.05, 0.1) is 9.82 Å². The molecule has 1 N–H and O–H groups in total. The number of piperidine rings is 1. The van der Waals surface area contributed by atoms with Gasteiger partial charge < -0.3 is 5.32 Å². The molecule has 3 rings (SSSR count). The Kier molecular flexibility index (Phi) is 11.3. The number of sulfonamides is 1. The lowest BCUT2D eigenvalue weighted by molar-refractivity contribution is -0.385. The third-order valence-corrected chi connectivity index (χ3v) is 8.14. The predicted molar refractivity (Wildman–Crippen MR) is 127 cm³/mol. The highest BCUT2D eigenvalue weighted by Crippen LogP contribution is 2.27. The molecule has 1 atom stereocenters. The monoisotopic (exact) mass is 469 g/mol. The average molecular weight is 470 g/mol. The molecule has 0 radical (unpaired) electrons. The largest absolute Gasteiger partial charge is 0.354 e. The third kappa shape index (κ3) is 7.00. The van der Waals surface area contributed by atoms with Gasteiger partial charge in [0.15, 0.2) is 0 Å². The molecule has 2 aliphatic rings. The second kappa shape index (κ2) is 12.9. The van der Waals surface area contributed by atoms with Crippen LogP contribution in [0.2, 0.25) is 0 Å². The Bertz CT molecular complexity index is 851. The molecule has 32 heavy (non-hydrogen) atoms. The predicted octanol–water partition coefficient (Wildman–Crippen LogP) is 4.89. The fourth-order valence-electron chi connectivity index (χ4n) is 4.47. The highest BCUT2D eigenvalue weighted by atomic mass is 32.2. The van der Waals surface area contributed by atoms with E-state index in [-0.39, 0.29) is 49.8 Å². The highest BCUT2D eigenvalue weighted by Gasteiger charge is 2.34. The van der Waals surface area contributed by atoms with Gasteiger partial charge in [-0.2, -0.15) is 4.31 Å². The van der Waals surface area contributed by atoms with Crippen molar-refractivity contribution in [2.45, 2.75) is 90.0 Å². The van der Waals surface area contributed by atoms with Crippen LogP contribution in [0.25, 0.3) is 0 Å². The van der Waals surface area contributed by atoms with Crippen LogP contribution in [0.4, 0.5) is 5.69 Å². The first-order chi connectivity index (χ1) is 14.4. The maximum atomic E-state index is 13.2. The molecule has 1 aromatic carbocycles. The summed E-state index contributed by atoms with van der Waals surface area (Å²) in [6.07, 6.45) is 9.79. The van der Waals surface area contributed by atoms with Gasteiger partial charge in [-0.25, -0.2) is 8.42 Å². The maximum absolute atomic E-state index is 13.2. The van der Waals surface area contributed by atoms with Gasteiger partial charge >= 0.3 is 0 Å². The zero-order chi connectivity index (χ0) is 21.6. The van der Waals surface area contributed by atoms with Crippen LogP contribution in [0, 0.1) is 16.0 Å². The van der Waals surface area contributed by atoms with E-state index < -0.39 is 14.9 Å². The van der Waals surface area contributed by atoms with Crippen molar-refractivity contribution in [3.8, 4) is 0 Å². The van der Waals surface area contributed by atoms with Gasteiger partial charge in [-0.3, -0.25) is 14.9 Å². The van der Waals surface area contributed by atoms with Gasteiger partial charge in [0.25, 0.3) is 5.69 Å². The van der Waals surface area contributed by atoms with Gasteiger partial charge in [0.2, 0.25) is 15.9 Å². The van der Waals surface area contributed by atoms with E-state index in [2.05, 4.69) is 5.32 Å². The molecule has 2 fully saturated rings. The zero-order valence-electron chi connectivity index (χ0n) is 17.3. The molecule has 1 saturated heterocycles. The summed E-state index contributed by atoms with van der Waals surface area (Å²) >= 11 is 0. The lowest BCUT2D eigenvalue weighted by atomic mass is 9.90. The minimum absolute atomic E-state index is 0. The summed E-state index contributed by atoms with van der Waals surface area (Å²) in [6, 6.07) is 4.83. The summed E-state index contributed by atoms with van der Waals surface area (Å²) < 4.78 is 27.8. The number of rotatable bonds is 6. The molecule has 1 heterocycles. The maximum Gasteiger partial charge on any atom is 0.270 e. The molecule has 8 nitrogen and oxygen atoms in total. The molecule has 0 bridgehead atoms. The van der Waals surface area contributed by atoms with Gasteiger partial charge in [0, 0.05) is 37.2 Å². The second-order valence-electron chi connectivity index (χ2n) is 8.31. The summed E-state index contributed by atoms with van der Waals surface area (Å²) in [7, 11) is -3.87. The van der Waals surface area contributed by atoms with Gasteiger partial charge in [-0.15, -0.1) is 0 Å². The molecule has 1 aliphatic heterocycles. The molecule has 9 heteroatoms. The standard InChI is InChI=1S/C21H31N3O5S.2CH4/c25-21(17-9-4-2-1-3-5-10-17)22-16-19-11-6-7-14-23(19)30(28,29)20-13-8-12-18(15-20)24(26)27;;/h8,12-13,15,17,19H,1-7,9-11,14,16H2,(H,22,25);2*1H4. The van der Waals surface area contributed by atoms with Crippen LogP contribution >= 0.6 is 0 Å². The van der Waals surface area contributed by atoms with Crippen molar-refractivity contribution in [2.24, 2.45) is 5.92 Å². The number of amides is 1. The molecule has 1 unspecified atom stereocenters. The molecule has 1 amide bonds. The lowest BCUT2D eigenvalue weighted by Crippen LogP contribution is -2.50. The van der Waals surface area contributed by atoms with E-state index in [0.29, 0.717) is 13.0 Å². The van der Waals surface area contributed by atoms with E-state index in [1.54, 1.807) is 0 Å². The molecule has 0 aromatic heterocycles. The number of nitro benzene ring substituents is 1. The van der Waals surface area contributed by atoms with Crippen LogP contribution in [-0.4, -0.2) is 42.7 Å². The van der Waals surface area contributed by atoms with Crippen molar-refractivity contribution in [3.63, 3.8) is 0 Å². The SMILES string of the molecule is C.C.O=C(NCC1CCCCN1S(=O)(=O)c1cccc([N+](=O)[O-])c1)C1CCCCCCC1. The Balaban J connectivity index is 0.00000256. The summed E-state index contributed by atoms with van der Waals surface area (Å²) in [4.78, 5) is 23.1. The van der Waals surface area contributed by atoms with Crippen molar-refractivity contribution in [3.05, 3.63) is 34.4 Å². The van der Waals surface area contributed by atoms with Crippen LogP contribution in [0.5, 0.6) is 0 Å². The van der Waals surface area contributed by atoms with Crippen molar-refractivity contribution in [1.82, 2.24) is 9.62 Å². The Morgan fingerprint density at radius 1 is 1.03 bits per heavy atom. The fourth-order valence-corrected chi connectivity index (χ4v) is 6.20. The fraction of sp³-hybridized carbons (Fsp3) is 0.696. The Morgan fingerprint density at radius 3 is 2.31 bits per heavy atom. The molecular formula is C23H39N3O5S. The molecular weight excluding hydrogens is 430 g/mol. The smallest absolute Gasteiger partial charge is 0.270 e. The Hall–Kier alpha value is -2.00. The first-order valence-corrected chi connectivity index (χ1v) is 12.4. The van der Waals surface area contributed by atoms with Crippen molar-refractivity contribution < 1.29 is 18.1 Å². The second-order valence-corrected chi connectivity index (χ2v) is 10.2. The number of nitrogens with one attached hydrogen (secondary N) is 1. The van der Waals surface area contributed by atoms with Gasteiger partial charge in [0.1, 0.15) is 0 Å². The van der Waals surface area contributed by atoms with Crippen LogP contribution in [0.3, 0.4) is 0 Å². The Morgan fingerprint density at radius 2 is 1.66 bits per heavy atom. The van der Waals surface area contributed by atoms with Crippen LogP contribution < -0.4 is 5.32 Å².